The van der Waals surface area contributed by atoms with Crippen LogP contribution in [0.2, 0.25) is 0 Å². The Morgan fingerprint density at radius 2 is 1.96 bits per heavy atom. The van der Waals surface area contributed by atoms with E-state index in [1.807, 2.05) is 36.6 Å². The fourth-order valence-electron chi connectivity index (χ4n) is 2.02. The van der Waals surface area contributed by atoms with Crippen LogP contribution < -0.4 is 5.84 Å². The maximum Gasteiger partial charge on any atom is 0.422 e. The van der Waals surface area contributed by atoms with Crippen LogP contribution in [-0.4, -0.2) is 48.2 Å². The van der Waals surface area contributed by atoms with Crippen molar-refractivity contribution in [3.63, 3.8) is 0 Å². The molecule has 0 aliphatic heterocycles. The van der Waals surface area contributed by atoms with E-state index in [1.54, 1.807) is 27.0 Å². The summed E-state index contributed by atoms with van der Waals surface area (Å²) < 4.78 is 0. The van der Waals surface area contributed by atoms with Crippen molar-refractivity contribution in [1.29, 1.82) is 0 Å². The van der Waals surface area contributed by atoms with Gasteiger partial charge >= 0.3 is 6.09 Å². The number of aromatic amines is 1. The minimum Gasteiger partial charge on any atom is -0.464 e. The lowest BCUT2D eigenvalue weighted by atomic mass is 10.1. The zero-order valence-electron chi connectivity index (χ0n) is 15.1. The van der Waals surface area contributed by atoms with Gasteiger partial charge in [-0.2, -0.15) is 5.10 Å². The predicted molar refractivity (Wildman–Crippen MR) is 103 cm³/mol. The van der Waals surface area contributed by atoms with E-state index < -0.39 is 11.6 Å². The number of hydrogen-bond donors (Lipinski definition) is 3. The Hall–Kier alpha value is -2.65. The van der Waals surface area contributed by atoms with Gasteiger partial charge in [0.25, 0.3) is 0 Å². The number of H-pyrrole nitrogens is 1. The molecule has 1 amide bonds. The Kier molecular flexibility index (Phi) is 6.17. The minimum absolute atomic E-state index is 0.508. The average Bonchev–Trinajstić information content (AvgIpc) is 3.05. The summed E-state index contributed by atoms with van der Waals surface area (Å²) in [6.07, 6.45) is 2.61. The zero-order valence-corrected chi connectivity index (χ0v) is 15.9. The number of nitrogens with two attached hydrogens (primary N) is 1. The van der Waals surface area contributed by atoms with Gasteiger partial charge in [-0.05, 0) is 39.2 Å². The van der Waals surface area contributed by atoms with Crippen molar-refractivity contribution in [1.82, 2.24) is 25.2 Å². The molecule has 4 N–H and O–H groups in total. The largest absolute Gasteiger partial charge is 0.464 e. The molecule has 0 spiro atoms. The SMILES string of the molecule is CC(C)(C)N(N)C(=O)O.CSc1nccc(-c2n[nH]c3ccccc23)n1. The Morgan fingerprint density at radius 3 is 2.54 bits per heavy atom. The number of hydrazine groups is 1. The van der Waals surface area contributed by atoms with Gasteiger partial charge in [0.2, 0.25) is 0 Å². The first kappa shape index (κ1) is 19.7. The number of para-hydroxylation sites is 1. The molecule has 26 heavy (non-hydrogen) atoms. The topological polar surface area (TPSA) is 121 Å². The van der Waals surface area contributed by atoms with Crippen LogP contribution in [0.3, 0.4) is 0 Å². The maximum atomic E-state index is 10.1. The third-order valence-corrected chi connectivity index (χ3v) is 4.02. The summed E-state index contributed by atoms with van der Waals surface area (Å²) in [6, 6.07) is 9.90. The summed E-state index contributed by atoms with van der Waals surface area (Å²) in [5, 5.41) is 18.3. The molecule has 0 unspecified atom stereocenters. The quantitative estimate of drug-likeness (QED) is 0.207. The Morgan fingerprint density at radius 1 is 1.27 bits per heavy atom. The third-order valence-electron chi connectivity index (χ3n) is 3.46. The molecule has 1 aromatic carbocycles. The fraction of sp³-hybridized carbons (Fsp3) is 0.294. The summed E-state index contributed by atoms with van der Waals surface area (Å²) in [5.41, 5.74) is 2.23. The molecular formula is C17H22N6O2S. The lowest BCUT2D eigenvalue weighted by Gasteiger charge is -2.27. The number of aromatic nitrogens is 4. The fourth-order valence-corrected chi connectivity index (χ4v) is 2.37. The number of nitrogens with one attached hydrogen (secondary N) is 1. The molecule has 0 fully saturated rings. The Labute approximate surface area is 155 Å². The van der Waals surface area contributed by atoms with E-state index in [0.29, 0.717) is 0 Å². The first-order valence-corrected chi connectivity index (χ1v) is 9.05. The van der Waals surface area contributed by atoms with Gasteiger partial charge in [-0.25, -0.2) is 25.6 Å². The lowest BCUT2D eigenvalue weighted by molar-refractivity contribution is 0.101. The van der Waals surface area contributed by atoms with Crippen molar-refractivity contribution in [2.24, 2.45) is 5.84 Å². The highest BCUT2D eigenvalue weighted by atomic mass is 32.2. The lowest BCUT2D eigenvalue weighted by Crippen LogP contribution is -2.49. The van der Waals surface area contributed by atoms with Crippen LogP contribution in [0.1, 0.15) is 20.8 Å². The normalized spacial score (nSPS) is 11.0. The van der Waals surface area contributed by atoms with Crippen molar-refractivity contribution in [2.45, 2.75) is 31.5 Å². The van der Waals surface area contributed by atoms with E-state index in [-0.39, 0.29) is 0 Å². The van der Waals surface area contributed by atoms with Crippen molar-refractivity contribution < 1.29 is 9.90 Å². The average molecular weight is 374 g/mol. The van der Waals surface area contributed by atoms with Gasteiger partial charge in [-0.15, -0.1) is 0 Å². The van der Waals surface area contributed by atoms with E-state index in [4.69, 9.17) is 10.9 Å². The standard InChI is InChI=1S/C12H10N4S.C5H12N2O2/c1-17-12-13-7-6-10(14-12)11-8-4-2-3-5-9(8)15-16-11;1-5(2,3)7(6)4(8)9/h2-7H,1H3,(H,15,16);6H2,1-3H3,(H,8,9). The number of carboxylic acid groups (broad SMARTS) is 1. The van der Waals surface area contributed by atoms with Crippen LogP contribution in [0.15, 0.2) is 41.7 Å². The molecule has 8 nitrogen and oxygen atoms in total. The van der Waals surface area contributed by atoms with Crippen molar-refractivity contribution in [3.05, 3.63) is 36.5 Å². The number of thioether (sulfide) groups is 1. The molecular weight excluding hydrogens is 352 g/mol. The number of benzene rings is 1. The predicted octanol–water partition coefficient (Wildman–Crippen LogP) is 3.38. The molecule has 0 saturated carbocycles. The van der Waals surface area contributed by atoms with Crippen molar-refractivity contribution in [2.75, 3.05) is 6.26 Å². The summed E-state index contributed by atoms with van der Waals surface area (Å²) >= 11 is 1.53. The van der Waals surface area contributed by atoms with Crippen molar-refractivity contribution >= 4 is 28.8 Å². The van der Waals surface area contributed by atoms with Gasteiger partial charge in [-0.3, -0.25) is 5.10 Å². The smallest absolute Gasteiger partial charge is 0.422 e. The molecule has 3 rings (SSSR count). The second-order valence-corrected chi connectivity index (χ2v) is 7.14. The molecule has 0 aliphatic carbocycles. The molecule has 2 aromatic heterocycles. The highest BCUT2D eigenvalue weighted by molar-refractivity contribution is 7.98. The molecule has 9 heteroatoms. The van der Waals surface area contributed by atoms with E-state index in [1.165, 1.54) is 11.8 Å². The van der Waals surface area contributed by atoms with E-state index in [0.717, 1.165) is 32.5 Å². The number of carbonyl (C=O) groups is 1. The first-order chi connectivity index (χ1) is 12.2. The summed E-state index contributed by atoms with van der Waals surface area (Å²) in [4.78, 5) is 18.8. The minimum atomic E-state index is -1.11. The number of fused-ring (bicyclic) bond motifs is 1. The summed E-state index contributed by atoms with van der Waals surface area (Å²) in [6.45, 7) is 5.17. The van der Waals surface area contributed by atoms with Gasteiger partial charge in [0, 0.05) is 11.6 Å². The highest BCUT2D eigenvalue weighted by Gasteiger charge is 2.21. The van der Waals surface area contributed by atoms with Crippen LogP contribution in [0, 0.1) is 0 Å². The van der Waals surface area contributed by atoms with Crippen LogP contribution >= 0.6 is 11.8 Å². The second kappa shape index (κ2) is 8.15. The summed E-state index contributed by atoms with van der Waals surface area (Å²) in [7, 11) is 0. The van der Waals surface area contributed by atoms with Crippen LogP contribution in [-0.2, 0) is 0 Å². The molecule has 0 bridgehead atoms. The monoisotopic (exact) mass is 374 g/mol. The molecule has 2 heterocycles. The summed E-state index contributed by atoms with van der Waals surface area (Å²) in [5.74, 6) is 5.13. The molecule has 0 radical (unpaired) electrons. The van der Waals surface area contributed by atoms with Crippen LogP contribution in [0.25, 0.3) is 22.3 Å². The highest BCUT2D eigenvalue weighted by Crippen LogP contribution is 2.25. The van der Waals surface area contributed by atoms with Gasteiger partial charge in [0.1, 0.15) is 5.69 Å². The Balaban J connectivity index is 0.000000232. The number of nitrogens with zero attached hydrogens (tertiary/aromatic N) is 4. The maximum absolute atomic E-state index is 10.1. The van der Waals surface area contributed by atoms with E-state index >= 15 is 0 Å². The van der Waals surface area contributed by atoms with Gasteiger partial charge < -0.3 is 5.11 Å². The van der Waals surface area contributed by atoms with Crippen molar-refractivity contribution in [3.8, 4) is 11.4 Å². The third kappa shape index (κ3) is 4.70. The number of rotatable bonds is 2. The van der Waals surface area contributed by atoms with Gasteiger partial charge in [0.05, 0.1) is 16.7 Å². The van der Waals surface area contributed by atoms with Crippen LogP contribution in [0.5, 0.6) is 0 Å². The number of amides is 1. The Bertz CT molecular complexity index is 890. The van der Waals surface area contributed by atoms with E-state index in [9.17, 15) is 4.79 Å². The first-order valence-electron chi connectivity index (χ1n) is 7.82. The second-order valence-electron chi connectivity index (χ2n) is 6.37. The molecule has 138 valence electrons. The zero-order chi connectivity index (χ0) is 19.3. The van der Waals surface area contributed by atoms with Crippen LogP contribution in [0.4, 0.5) is 4.79 Å². The van der Waals surface area contributed by atoms with Gasteiger partial charge in [0.15, 0.2) is 5.16 Å². The molecule has 3 aromatic rings. The molecule has 0 atom stereocenters. The van der Waals surface area contributed by atoms with Gasteiger partial charge in [-0.1, -0.05) is 30.0 Å². The number of hydrogen-bond acceptors (Lipinski definition) is 6. The van der Waals surface area contributed by atoms with E-state index in [2.05, 4.69) is 20.2 Å². The molecule has 0 saturated heterocycles. The molecule has 0 aliphatic rings.